The number of carbonyl (C=O) groups is 1. The van der Waals surface area contributed by atoms with Gasteiger partial charge in [-0.05, 0) is 49.1 Å². The molecule has 2 aliphatic heterocycles. The molecule has 0 unspecified atom stereocenters. The van der Waals surface area contributed by atoms with E-state index in [1.807, 2.05) is 28.0 Å². The van der Waals surface area contributed by atoms with Gasteiger partial charge in [-0.3, -0.25) is 14.3 Å². The molecule has 0 atom stereocenters. The highest BCUT2D eigenvalue weighted by molar-refractivity contribution is 5.95. The van der Waals surface area contributed by atoms with E-state index in [2.05, 4.69) is 10.00 Å². The number of nitrogens with zero attached hydrogens (tertiary/aromatic N) is 7. The molecule has 9 nitrogen and oxygen atoms in total. The van der Waals surface area contributed by atoms with Crippen molar-refractivity contribution in [3.63, 3.8) is 0 Å². The van der Waals surface area contributed by atoms with Crippen LogP contribution in [-0.2, 0) is 25.3 Å². The number of aromatic nitrogens is 4. The average Bonchev–Trinajstić information content (AvgIpc) is 3.40. The summed E-state index contributed by atoms with van der Waals surface area (Å²) < 4.78 is 32.2. The Morgan fingerprint density at radius 2 is 1.78 bits per heavy atom. The number of pyridine rings is 2. The zero-order chi connectivity index (χ0) is 29.0. The molecular weight excluding hydrogens is 528 g/mol. The van der Waals surface area contributed by atoms with Crippen molar-refractivity contribution < 1.29 is 13.6 Å². The Morgan fingerprint density at radius 3 is 2.44 bits per heavy atom. The van der Waals surface area contributed by atoms with Crippen molar-refractivity contribution in [2.45, 2.75) is 33.1 Å². The number of carbonyl (C=O) groups excluding carboxylic acids is 1. The predicted octanol–water partition coefficient (Wildman–Crippen LogP) is 4.33. The SMILES string of the molecule is CC(=O)N1CCN(c2cc3c(cc(C)c(=O)n3C)c(N3CCCc4cc(-c5cnn(C)c5)c(C(F)F)cc43)n2)CC1. The minimum Gasteiger partial charge on any atom is -0.353 e. The smallest absolute Gasteiger partial charge is 0.264 e. The monoisotopic (exact) mass is 561 g/mol. The Morgan fingerprint density at radius 1 is 1.02 bits per heavy atom. The summed E-state index contributed by atoms with van der Waals surface area (Å²) in [6.45, 7) is 6.33. The molecule has 0 aliphatic carbocycles. The molecule has 2 aliphatic rings. The van der Waals surface area contributed by atoms with Crippen molar-refractivity contribution in [3.05, 3.63) is 63.7 Å². The maximum absolute atomic E-state index is 14.5. The van der Waals surface area contributed by atoms with Crippen LogP contribution in [0.2, 0.25) is 0 Å². The third-order valence-electron chi connectivity index (χ3n) is 8.29. The van der Waals surface area contributed by atoms with Crippen molar-refractivity contribution in [3.8, 4) is 11.1 Å². The molecule has 3 aromatic heterocycles. The van der Waals surface area contributed by atoms with Gasteiger partial charge in [-0.2, -0.15) is 5.10 Å². The van der Waals surface area contributed by atoms with Crippen LogP contribution in [0, 0.1) is 6.92 Å². The van der Waals surface area contributed by atoms with Gasteiger partial charge in [0.2, 0.25) is 5.91 Å². The first-order chi connectivity index (χ1) is 19.6. The average molecular weight is 562 g/mol. The summed E-state index contributed by atoms with van der Waals surface area (Å²) in [5.74, 6) is 1.38. The van der Waals surface area contributed by atoms with Crippen molar-refractivity contribution in [2.24, 2.45) is 14.1 Å². The van der Waals surface area contributed by atoms with Gasteiger partial charge in [0.15, 0.2) is 0 Å². The fraction of sp³-hybridized carbons (Fsp3) is 0.400. The molecule has 6 rings (SSSR count). The van der Waals surface area contributed by atoms with Crippen molar-refractivity contribution in [2.75, 3.05) is 42.5 Å². The van der Waals surface area contributed by atoms with Gasteiger partial charge in [-0.25, -0.2) is 13.8 Å². The molecule has 1 saturated heterocycles. The second-order valence-electron chi connectivity index (χ2n) is 10.9. The van der Waals surface area contributed by atoms with Gasteiger partial charge >= 0.3 is 0 Å². The first kappa shape index (κ1) is 26.9. The first-order valence-electron chi connectivity index (χ1n) is 13.9. The van der Waals surface area contributed by atoms with Crippen LogP contribution < -0.4 is 15.4 Å². The summed E-state index contributed by atoms with van der Waals surface area (Å²) in [6.07, 6.45) is 2.27. The lowest BCUT2D eigenvalue weighted by Crippen LogP contribution is -2.48. The van der Waals surface area contributed by atoms with Gasteiger partial charge in [0.1, 0.15) is 11.6 Å². The molecule has 0 bridgehead atoms. The van der Waals surface area contributed by atoms with E-state index in [0.717, 1.165) is 29.3 Å². The van der Waals surface area contributed by atoms with Crippen molar-refractivity contribution in [1.29, 1.82) is 0 Å². The molecule has 0 N–H and O–H groups in total. The lowest BCUT2D eigenvalue weighted by Gasteiger charge is -2.36. The number of fused-ring (bicyclic) bond motifs is 2. The van der Waals surface area contributed by atoms with Crippen molar-refractivity contribution >= 4 is 34.1 Å². The molecule has 4 aromatic rings. The molecular formula is C30H33F2N7O2. The van der Waals surface area contributed by atoms with Crippen LogP contribution in [0.25, 0.3) is 22.0 Å². The standard InChI is InChI=1S/C30H33F2N7O2/c1-18-12-24-26(36(4)30(18)41)15-27(38-10-8-37(9-11-38)19(2)40)34-29(24)39-7-5-6-20-13-22(21-16-33-35(3)17-21)23(28(31)32)14-25(20)39/h12-17,28H,5-11H2,1-4H3. The third kappa shape index (κ3) is 4.72. The molecule has 0 radical (unpaired) electrons. The number of alkyl halides is 2. The van der Waals surface area contributed by atoms with Gasteiger partial charge in [0.05, 0.1) is 11.7 Å². The van der Waals surface area contributed by atoms with Gasteiger partial charge in [0, 0.05) is 93.8 Å². The van der Waals surface area contributed by atoms with E-state index in [-0.39, 0.29) is 17.0 Å². The zero-order valence-corrected chi connectivity index (χ0v) is 23.7. The number of rotatable bonds is 4. The summed E-state index contributed by atoms with van der Waals surface area (Å²) in [5.41, 5.74) is 3.99. The van der Waals surface area contributed by atoms with E-state index >= 15 is 0 Å². The summed E-state index contributed by atoms with van der Waals surface area (Å²) in [5, 5.41) is 4.98. The van der Waals surface area contributed by atoms with Crippen LogP contribution in [0.3, 0.4) is 0 Å². The molecule has 41 heavy (non-hydrogen) atoms. The van der Waals surface area contributed by atoms with Crippen LogP contribution in [-0.4, -0.2) is 62.9 Å². The molecule has 5 heterocycles. The van der Waals surface area contributed by atoms with E-state index in [9.17, 15) is 18.4 Å². The van der Waals surface area contributed by atoms with Crippen LogP contribution in [0.15, 0.2) is 41.5 Å². The molecule has 0 saturated carbocycles. The maximum atomic E-state index is 14.5. The lowest BCUT2D eigenvalue weighted by molar-refractivity contribution is -0.129. The lowest BCUT2D eigenvalue weighted by atomic mass is 9.93. The van der Waals surface area contributed by atoms with Crippen LogP contribution in [0.1, 0.15) is 36.5 Å². The van der Waals surface area contributed by atoms with Crippen LogP contribution in [0.4, 0.5) is 26.1 Å². The quantitative estimate of drug-likeness (QED) is 0.369. The van der Waals surface area contributed by atoms with E-state index < -0.39 is 6.43 Å². The Balaban J connectivity index is 1.52. The van der Waals surface area contributed by atoms with E-state index in [1.165, 1.54) is 0 Å². The number of benzene rings is 1. The van der Waals surface area contributed by atoms with Gasteiger partial charge in [0.25, 0.3) is 12.0 Å². The molecule has 214 valence electrons. The Bertz CT molecular complexity index is 1720. The Labute approximate surface area is 236 Å². The molecule has 11 heteroatoms. The Hall–Kier alpha value is -4.28. The van der Waals surface area contributed by atoms with E-state index in [0.29, 0.717) is 66.7 Å². The number of aryl methyl sites for hydroxylation is 4. The second-order valence-corrected chi connectivity index (χ2v) is 10.9. The fourth-order valence-electron chi connectivity index (χ4n) is 6.06. The van der Waals surface area contributed by atoms with Crippen molar-refractivity contribution in [1.82, 2.24) is 24.2 Å². The van der Waals surface area contributed by atoms with Crippen LogP contribution >= 0.6 is 0 Å². The minimum atomic E-state index is -2.67. The summed E-state index contributed by atoms with van der Waals surface area (Å²) in [4.78, 5) is 35.9. The first-order valence-corrected chi connectivity index (χ1v) is 13.9. The van der Waals surface area contributed by atoms with Crippen LogP contribution in [0.5, 0.6) is 0 Å². The molecule has 0 spiro atoms. The number of hydrogen-bond donors (Lipinski definition) is 0. The summed E-state index contributed by atoms with van der Waals surface area (Å²) in [7, 11) is 3.52. The highest BCUT2D eigenvalue weighted by Crippen LogP contribution is 2.43. The number of halogens is 2. The normalized spacial score (nSPS) is 15.6. The van der Waals surface area contributed by atoms with E-state index in [1.54, 1.807) is 55.7 Å². The van der Waals surface area contributed by atoms with E-state index in [4.69, 9.17) is 4.98 Å². The number of amides is 1. The Kier molecular flexibility index (Phi) is 6.75. The predicted molar refractivity (Wildman–Crippen MR) is 155 cm³/mol. The zero-order valence-electron chi connectivity index (χ0n) is 23.7. The number of anilines is 3. The largest absolute Gasteiger partial charge is 0.353 e. The molecule has 1 fully saturated rings. The molecule has 1 aromatic carbocycles. The topological polar surface area (TPSA) is 79.5 Å². The van der Waals surface area contributed by atoms with Gasteiger partial charge < -0.3 is 19.3 Å². The van der Waals surface area contributed by atoms with Gasteiger partial charge in [-0.15, -0.1) is 0 Å². The number of piperazine rings is 1. The fourth-order valence-corrected chi connectivity index (χ4v) is 6.06. The van der Waals surface area contributed by atoms with Gasteiger partial charge in [-0.1, -0.05) is 0 Å². The number of hydrogen-bond acceptors (Lipinski definition) is 6. The summed E-state index contributed by atoms with van der Waals surface area (Å²) in [6, 6.07) is 7.24. The second kappa shape index (κ2) is 10.3. The maximum Gasteiger partial charge on any atom is 0.264 e. The minimum absolute atomic E-state index is 0.0418. The highest BCUT2D eigenvalue weighted by Gasteiger charge is 2.28. The third-order valence-corrected chi connectivity index (χ3v) is 8.29. The summed E-state index contributed by atoms with van der Waals surface area (Å²) >= 11 is 0. The highest BCUT2D eigenvalue weighted by atomic mass is 19.3. The molecule has 1 amide bonds.